The van der Waals surface area contributed by atoms with Crippen molar-refractivity contribution in [3.8, 4) is 0 Å². The number of rotatable bonds is 6. The SMILES string of the molecule is CCN(C)C(=O)CNC(=O)[C@H](N)Cc1ccccc1. The van der Waals surface area contributed by atoms with Crippen molar-refractivity contribution in [2.45, 2.75) is 19.4 Å². The molecule has 1 rings (SSSR count). The molecule has 0 heterocycles. The summed E-state index contributed by atoms with van der Waals surface area (Å²) in [7, 11) is 1.69. The summed E-state index contributed by atoms with van der Waals surface area (Å²) in [5.41, 5.74) is 6.81. The lowest BCUT2D eigenvalue weighted by Crippen LogP contribution is -2.46. The van der Waals surface area contributed by atoms with Gasteiger partial charge in [0.2, 0.25) is 11.8 Å². The highest BCUT2D eigenvalue weighted by molar-refractivity contribution is 5.87. The number of hydrogen-bond donors (Lipinski definition) is 2. The monoisotopic (exact) mass is 263 g/mol. The van der Waals surface area contributed by atoms with E-state index in [4.69, 9.17) is 5.73 Å². The Bertz CT molecular complexity index is 420. The number of nitrogens with zero attached hydrogens (tertiary/aromatic N) is 1. The van der Waals surface area contributed by atoms with E-state index in [2.05, 4.69) is 5.32 Å². The van der Waals surface area contributed by atoms with Crippen LogP contribution in [0.5, 0.6) is 0 Å². The van der Waals surface area contributed by atoms with E-state index in [0.29, 0.717) is 13.0 Å². The van der Waals surface area contributed by atoms with Gasteiger partial charge >= 0.3 is 0 Å². The van der Waals surface area contributed by atoms with Crippen molar-refractivity contribution in [1.82, 2.24) is 10.2 Å². The second-order valence-electron chi connectivity index (χ2n) is 4.42. The van der Waals surface area contributed by atoms with Gasteiger partial charge in [0.1, 0.15) is 0 Å². The Morgan fingerprint density at radius 2 is 1.95 bits per heavy atom. The Balaban J connectivity index is 2.39. The Labute approximate surface area is 113 Å². The van der Waals surface area contributed by atoms with Gasteiger partial charge in [0.05, 0.1) is 12.6 Å². The van der Waals surface area contributed by atoms with E-state index in [1.54, 1.807) is 11.9 Å². The first kappa shape index (κ1) is 15.2. The lowest BCUT2D eigenvalue weighted by molar-refractivity contribution is -0.132. The van der Waals surface area contributed by atoms with Crippen molar-refractivity contribution < 1.29 is 9.59 Å². The molecule has 1 aromatic rings. The zero-order valence-corrected chi connectivity index (χ0v) is 11.4. The molecule has 0 saturated heterocycles. The zero-order valence-electron chi connectivity index (χ0n) is 11.4. The van der Waals surface area contributed by atoms with E-state index in [0.717, 1.165) is 5.56 Å². The van der Waals surface area contributed by atoms with Crippen LogP contribution in [-0.4, -0.2) is 42.9 Å². The number of likely N-dealkylation sites (N-methyl/N-ethyl adjacent to an activating group) is 1. The predicted molar refractivity (Wildman–Crippen MR) is 74.4 cm³/mol. The topological polar surface area (TPSA) is 75.4 Å². The summed E-state index contributed by atoms with van der Waals surface area (Å²) in [4.78, 5) is 24.8. The van der Waals surface area contributed by atoms with Crippen LogP contribution in [0.25, 0.3) is 0 Å². The first-order valence-corrected chi connectivity index (χ1v) is 6.35. The molecule has 0 spiro atoms. The molecule has 5 nitrogen and oxygen atoms in total. The second kappa shape index (κ2) is 7.53. The van der Waals surface area contributed by atoms with Crippen LogP contribution in [0.1, 0.15) is 12.5 Å². The van der Waals surface area contributed by atoms with E-state index >= 15 is 0 Å². The molecule has 104 valence electrons. The molecule has 5 heteroatoms. The maximum atomic E-state index is 11.8. The molecule has 2 amide bonds. The Morgan fingerprint density at radius 1 is 1.32 bits per heavy atom. The summed E-state index contributed by atoms with van der Waals surface area (Å²) >= 11 is 0. The van der Waals surface area contributed by atoms with Crippen molar-refractivity contribution in [3.05, 3.63) is 35.9 Å². The number of carbonyl (C=O) groups excluding carboxylic acids is 2. The van der Waals surface area contributed by atoms with Gasteiger partial charge in [-0.25, -0.2) is 0 Å². The predicted octanol–water partition coefficient (Wildman–Crippen LogP) is 0.151. The normalized spacial score (nSPS) is 11.7. The fraction of sp³-hybridized carbons (Fsp3) is 0.429. The van der Waals surface area contributed by atoms with Crippen LogP contribution in [0.3, 0.4) is 0 Å². The van der Waals surface area contributed by atoms with Crippen molar-refractivity contribution >= 4 is 11.8 Å². The fourth-order valence-electron chi connectivity index (χ4n) is 1.57. The summed E-state index contributed by atoms with van der Waals surface area (Å²) < 4.78 is 0. The molecule has 0 aromatic heterocycles. The van der Waals surface area contributed by atoms with Crippen molar-refractivity contribution in [3.63, 3.8) is 0 Å². The lowest BCUT2D eigenvalue weighted by atomic mass is 10.1. The van der Waals surface area contributed by atoms with Crippen LogP contribution in [0, 0.1) is 0 Å². The molecule has 0 saturated carbocycles. The minimum absolute atomic E-state index is 0.00827. The number of hydrogen-bond acceptors (Lipinski definition) is 3. The number of nitrogens with two attached hydrogens (primary N) is 1. The van der Waals surface area contributed by atoms with Gasteiger partial charge in [-0.3, -0.25) is 9.59 Å². The first-order chi connectivity index (χ1) is 9.04. The molecule has 0 aliphatic heterocycles. The molecule has 0 fully saturated rings. The summed E-state index contributed by atoms with van der Waals surface area (Å²) in [5, 5.41) is 2.56. The highest BCUT2D eigenvalue weighted by Crippen LogP contribution is 2.01. The summed E-state index contributed by atoms with van der Waals surface area (Å²) in [6.07, 6.45) is 0.463. The standard InChI is InChI=1S/C14H21N3O2/c1-3-17(2)13(18)10-16-14(19)12(15)9-11-7-5-4-6-8-11/h4-8,12H,3,9-10,15H2,1-2H3,(H,16,19)/t12-/m1/s1. The fourth-order valence-corrected chi connectivity index (χ4v) is 1.57. The van der Waals surface area contributed by atoms with Crippen LogP contribution in [-0.2, 0) is 16.0 Å². The van der Waals surface area contributed by atoms with Crippen molar-refractivity contribution in [2.75, 3.05) is 20.1 Å². The molecule has 1 aromatic carbocycles. The summed E-state index contributed by atoms with van der Waals surface area (Å²) in [5.74, 6) is -0.426. The number of carbonyl (C=O) groups is 2. The van der Waals surface area contributed by atoms with E-state index < -0.39 is 6.04 Å². The highest BCUT2D eigenvalue weighted by Gasteiger charge is 2.15. The zero-order chi connectivity index (χ0) is 14.3. The average molecular weight is 263 g/mol. The quantitative estimate of drug-likeness (QED) is 0.767. The van der Waals surface area contributed by atoms with Crippen molar-refractivity contribution in [2.24, 2.45) is 5.73 Å². The summed E-state index contributed by atoms with van der Waals surface area (Å²) in [6.45, 7) is 2.48. The van der Waals surface area contributed by atoms with Crippen LogP contribution in [0.2, 0.25) is 0 Å². The molecule has 0 bridgehead atoms. The Hall–Kier alpha value is -1.88. The lowest BCUT2D eigenvalue weighted by Gasteiger charge is -2.16. The number of benzene rings is 1. The second-order valence-corrected chi connectivity index (χ2v) is 4.42. The maximum Gasteiger partial charge on any atom is 0.241 e. The maximum absolute atomic E-state index is 11.8. The van der Waals surface area contributed by atoms with Crippen LogP contribution in [0.4, 0.5) is 0 Å². The third-order valence-electron chi connectivity index (χ3n) is 2.95. The number of nitrogens with one attached hydrogen (secondary N) is 1. The molecular formula is C14H21N3O2. The molecule has 0 radical (unpaired) electrons. The number of amides is 2. The van der Waals surface area contributed by atoms with Gasteiger partial charge in [-0.05, 0) is 18.9 Å². The Morgan fingerprint density at radius 3 is 2.53 bits per heavy atom. The highest BCUT2D eigenvalue weighted by atomic mass is 16.2. The Kier molecular flexibility index (Phi) is 6.02. The molecule has 0 unspecified atom stereocenters. The van der Waals surface area contributed by atoms with E-state index in [1.807, 2.05) is 37.3 Å². The third-order valence-corrected chi connectivity index (χ3v) is 2.95. The minimum Gasteiger partial charge on any atom is -0.346 e. The van der Waals surface area contributed by atoms with Gasteiger partial charge in [0, 0.05) is 13.6 Å². The van der Waals surface area contributed by atoms with Gasteiger partial charge < -0.3 is 16.0 Å². The van der Waals surface area contributed by atoms with E-state index in [-0.39, 0.29) is 18.4 Å². The minimum atomic E-state index is -0.637. The molecule has 3 N–H and O–H groups in total. The molecule has 19 heavy (non-hydrogen) atoms. The first-order valence-electron chi connectivity index (χ1n) is 6.35. The van der Waals surface area contributed by atoms with Gasteiger partial charge in [0.25, 0.3) is 0 Å². The van der Waals surface area contributed by atoms with Gasteiger partial charge in [0.15, 0.2) is 0 Å². The van der Waals surface area contributed by atoms with Crippen LogP contribution in [0.15, 0.2) is 30.3 Å². The largest absolute Gasteiger partial charge is 0.346 e. The third kappa shape index (κ3) is 5.09. The molecule has 1 atom stereocenters. The molecule has 0 aliphatic carbocycles. The van der Waals surface area contributed by atoms with Gasteiger partial charge in [-0.15, -0.1) is 0 Å². The molecule has 0 aliphatic rings. The van der Waals surface area contributed by atoms with Crippen LogP contribution >= 0.6 is 0 Å². The molecular weight excluding hydrogens is 242 g/mol. The average Bonchev–Trinajstić information content (AvgIpc) is 2.44. The van der Waals surface area contributed by atoms with Crippen molar-refractivity contribution in [1.29, 1.82) is 0 Å². The van der Waals surface area contributed by atoms with Gasteiger partial charge in [-0.2, -0.15) is 0 Å². The van der Waals surface area contributed by atoms with Crippen LogP contribution < -0.4 is 11.1 Å². The van der Waals surface area contributed by atoms with E-state index in [9.17, 15) is 9.59 Å². The van der Waals surface area contributed by atoms with Gasteiger partial charge in [-0.1, -0.05) is 30.3 Å². The van der Waals surface area contributed by atoms with E-state index in [1.165, 1.54) is 0 Å². The summed E-state index contributed by atoms with van der Waals surface area (Å²) in [6, 6.07) is 8.92. The smallest absolute Gasteiger partial charge is 0.241 e.